The number of hydrogen-bond donors (Lipinski definition) is 3. The summed E-state index contributed by atoms with van der Waals surface area (Å²) in [6.45, 7) is 2.49. The van der Waals surface area contributed by atoms with E-state index in [9.17, 15) is 4.21 Å². The quantitative estimate of drug-likeness (QED) is 0.285. The predicted octanol–water partition coefficient (Wildman–Crippen LogP) is 2.59. The maximum Gasteiger partial charge on any atom is 0.231 e. The molecule has 0 bridgehead atoms. The molecule has 1 fully saturated rings. The van der Waals surface area contributed by atoms with Crippen LogP contribution in [0.15, 0.2) is 42.7 Å². The third kappa shape index (κ3) is 5.41. The van der Waals surface area contributed by atoms with E-state index in [-0.39, 0.29) is 18.9 Å². The van der Waals surface area contributed by atoms with E-state index in [1.807, 2.05) is 6.07 Å². The second-order valence-electron chi connectivity index (χ2n) is 8.55. The van der Waals surface area contributed by atoms with Crippen LogP contribution in [0.3, 0.4) is 0 Å². The van der Waals surface area contributed by atoms with E-state index in [4.69, 9.17) is 29.7 Å². The number of aromatic nitrogens is 4. The first-order chi connectivity index (χ1) is 18.4. The highest BCUT2D eigenvalue weighted by molar-refractivity contribution is 7.77. The minimum Gasteiger partial charge on any atom is -0.494 e. The molecule has 198 valence electrons. The van der Waals surface area contributed by atoms with Gasteiger partial charge in [-0.3, -0.25) is 4.55 Å². The number of ether oxygens (including phenoxy) is 2. The average molecular weight is 540 g/mol. The molecule has 1 aliphatic rings. The Hall–Kier alpha value is -3.78. The Labute approximate surface area is 220 Å². The molecule has 1 aliphatic heterocycles. The van der Waals surface area contributed by atoms with Gasteiger partial charge >= 0.3 is 0 Å². The first kappa shape index (κ1) is 25.9. The highest BCUT2D eigenvalue weighted by atomic mass is 32.2. The van der Waals surface area contributed by atoms with Crippen LogP contribution in [0, 0.1) is 5.82 Å². The molecule has 0 spiro atoms. The molecule has 38 heavy (non-hydrogen) atoms. The lowest BCUT2D eigenvalue weighted by Gasteiger charge is -2.29. The Morgan fingerprint density at radius 3 is 2.66 bits per heavy atom. The van der Waals surface area contributed by atoms with Crippen molar-refractivity contribution < 1.29 is 22.6 Å². The molecule has 4 N–H and O–H groups in total. The van der Waals surface area contributed by atoms with Crippen molar-refractivity contribution in [3.8, 4) is 28.3 Å². The summed E-state index contributed by atoms with van der Waals surface area (Å²) in [6.07, 6.45) is 3.37. The number of nitrogens with zero attached hydrogens (tertiary/aromatic N) is 5. The number of rotatable bonds is 8. The van der Waals surface area contributed by atoms with E-state index in [2.05, 4.69) is 19.6 Å². The standard InChI is InChI=1S/C25H26FN7O4S/c1-36-20-12-16(18-4-2-3-15(21(18)26)5-6-30-38(34)35)11-19-22(20)31-23(17-13-28-25(27)29-14-17)32-24(19)33-7-9-37-10-8-33/h2-4,11-14,30H,5-10H2,1H3,(H,34,35)(H2,27,28,29). The molecule has 11 nitrogen and oxygen atoms in total. The summed E-state index contributed by atoms with van der Waals surface area (Å²) >= 11 is -2.16. The molecule has 2 aromatic carbocycles. The van der Waals surface area contributed by atoms with Crippen LogP contribution >= 0.6 is 0 Å². The topological polar surface area (TPSA) is 149 Å². The van der Waals surface area contributed by atoms with Crippen molar-refractivity contribution in [2.45, 2.75) is 6.42 Å². The lowest BCUT2D eigenvalue weighted by atomic mass is 9.98. The maximum atomic E-state index is 15.6. The Morgan fingerprint density at radius 1 is 1.18 bits per heavy atom. The zero-order valence-electron chi connectivity index (χ0n) is 20.6. The number of benzene rings is 2. The van der Waals surface area contributed by atoms with Gasteiger partial charge in [0.15, 0.2) is 5.82 Å². The van der Waals surface area contributed by atoms with Crippen molar-refractivity contribution in [2.24, 2.45) is 0 Å². The van der Waals surface area contributed by atoms with E-state index in [0.29, 0.717) is 76.9 Å². The second kappa shape index (κ2) is 11.3. The Kier molecular flexibility index (Phi) is 7.69. The van der Waals surface area contributed by atoms with Crippen molar-refractivity contribution in [1.82, 2.24) is 24.7 Å². The number of morpholine rings is 1. The van der Waals surface area contributed by atoms with Gasteiger partial charge in [0.05, 0.1) is 25.9 Å². The van der Waals surface area contributed by atoms with Gasteiger partial charge in [0.25, 0.3) is 0 Å². The zero-order valence-corrected chi connectivity index (χ0v) is 21.4. The Bertz CT molecular complexity index is 1480. The van der Waals surface area contributed by atoms with Gasteiger partial charge in [0.1, 0.15) is 22.9 Å². The van der Waals surface area contributed by atoms with Gasteiger partial charge in [-0.05, 0) is 29.7 Å². The number of nitrogens with two attached hydrogens (primary N) is 1. The molecule has 0 aliphatic carbocycles. The summed E-state index contributed by atoms with van der Waals surface area (Å²) in [5.41, 5.74) is 8.20. The van der Waals surface area contributed by atoms with Gasteiger partial charge in [-0.25, -0.2) is 33.3 Å². The monoisotopic (exact) mass is 539 g/mol. The fourth-order valence-electron chi connectivity index (χ4n) is 4.36. The normalized spacial score (nSPS) is 14.6. The number of anilines is 2. The van der Waals surface area contributed by atoms with E-state index in [0.717, 1.165) is 0 Å². The summed E-state index contributed by atoms with van der Waals surface area (Å²) in [4.78, 5) is 19.9. The minimum absolute atomic E-state index is 0.148. The van der Waals surface area contributed by atoms with Gasteiger partial charge in [-0.2, -0.15) is 0 Å². The fraction of sp³-hybridized carbons (Fsp3) is 0.280. The molecule has 4 aromatic rings. The van der Waals surface area contributed by atoms with E-state index in [1.54, 1.807) is 36.7 Å². The smallest absolute Gasteiger partial charge is 0.231 e. The molecular weight excluding hydrogens is 513 g/mol. The molecular formula is C25H26FN7O4S. The van der Waals surface area contributed by atoms with E-state index in [1.165, 1.54) is 7.11 Å². The van der Waals surface area contributed by atoms with Crippen LogP contribution < -0.4 is 20.1 Å². The van der Waals surface area contributed by atoms with Crippen LogP contribution in [-0.4, -0.2) is 68.7 Å². The number of nitrogens with one attached hydrogen (secondary N) is 1. The highest BCUT2D eigenvalue weighted by Gasteiger charge is 2.22. The maximum absolute atomic E-state index is 15.6. The number of fused-ring (bicyclic) bond motifs is 1. The van der Waals surface area contributed by atoms with Gasteiger partial charge < -0.3 is 20.1 Å². The molecule has 13 heteroatoms. The number of halogens is 1. The number of hydrogen-bond acceptors (Lipinski definition) is 9. The van der Waals surface area contributed by atoms with Crippen molar-refractivity contribution in [1.29, 1.82) is 0 Å². The van der Waals surface area contributed by atoms with Crippen molar-refractivity contribution in [2.75, 3.05) is 50.6 Å². The summed E-state index contributed by atoms with van der Waals surface area (Å²) in [7, 11) is 1.54. The Morgan fingerprint density at radius 2 is 1.95 bits per heavy atom. The molecule has 1 unspecified atom stereocenters. The SMILES string of the molecule is COc1cc(-c2cccc(CCNS(=O)O)c2F)cc2c(N3CCOCC3)nc(-c3cnc(N)nc3)nc12. The summed E-state index contributed by atoms with van der Waals surface area (Å²) in [5, 5.41) is 0.698. The third-order valence-corrected chi connectivity index (χ3v) is 6.67. The van der Waals surface area contributed by atoms with Crippen LogP contribution in [0.1, 0.15) is 5.56 Å². The van der Waals surface area contributed by atoms with Crippen molar-refractivity contribution >= 4 is 33.9 Å². The van der Waals surface area contributed by atoms with Crippen molar-refractivity contribution in [3.05, 3.63) is 54.1 Å². The summed E-state index contributed by atoms with van der Waals surface area (Å²) < 4.78 is 49.1. The number of methoxy groups -OCH3 is 1. The van der Waals surface area contributed by atoms with Crippen LogP contribution in [0.25, 0.3) is 33.4 Å². The largest absolute Gasteiger partial charge is 0.494 e. The average Bonchev–Trinajstić information content (AvgIpc) is 2.93. The van der Waals surface area contributed by atoms with Gasteiger partial charge in [-0.15, -0.1) is 0 Å². The predicted molar refractivity (Wildman–Crippen MR) is 142 cm³/mol. The molecule has 1 saturated heterocycles. The molecule has 0 radical (unpaired) electrons. The van der Waals surface area contributed by atoms with Crippen LogP contribution in [0.2, 0.25) is 0 Å². The van der Waals surface area contributed by atoms with Gasteiger partial charge in [-0.1, -0.05) is 18.2 Å². The van der Waals surface area contributed by atoms with Crippen molar-refractivity contribution in [3.63, 3.8) is 0 Å². The molecule has 5 rings (SSSR count). The molecule has 3 heterocycles. The van der Waals surface area contributed by atoms with Gasteiger partial charge in [0, 0.05) is 43.0 Å². The summed E-state index contributed by atoms with van der Waals surface area (Å²) in [6, 6.07) is 8.69. The minimum atomic E-state index is -2.16. The molecule has 2 aromatic heterocycles. The fourth-order valence-corrected chi connectivity index (χ4v) is 4.64. The number of nitrogen functional groups attached to an aromatic ring is 1. The Balaban J connectivity index is 1.66. The van der Waals surface area contributed by atoms with E-state index >= 15 is 4.39 Å². The lowest BCUT2D eigenvalue weighted by Crippen LogP contribution is -2.37. The van der Waals surface area contributed by atoms with Crippen LogP contribution in [0.5, 0.6) is 5.75 Å². The lowest BCUT2D eigenvalue weighted by molar-refractivity contribution is 0.122. The van der Waals surface area contributed by atoms with E-state index < -0.39 is 17.1 Å². The first-order valence-corrected chi connectivity index (χ1v) is 13.0. The highest BCUT2D eigenvalue weighted by Crippen LogP contribution is 2.38. The molecule has 1 atom stereocenters. The van der Waals surface area contributed by atoms with Gasteiger partial charge in [0.2, 0.25) is 17.2 Å². The zero-order chi connectivity index (χ0) is 26.6. The second-order valence-corrected chi connectivity index (χ2v) is 9.33. The first-order valence-electron chi connectivity index (χ1n) is 11.9. The molecule has 0 saturated carbocycles. The van der Waals surface area contributed by atoms with Crippen LogP contribution in [0.4, 0.5) is 16.2 Å². The molecule has 0 amide bonds. The summed E-state index contributed by atoms with van der Waals surface area (Å²) in [5.74, 6) is 1.26. The van der Waals surface area contributed by atoms with Crippen LogP contribution in [-0.2, 0) is 22.4 Å². The third-order valence-electron chi connectivity index (χ3n) is 6.22.